The van der Waals surface area contributed by atoms with Crippen LogP contribution in [0.25, 0.3) is 33.7 Å². The van der Waals surface area contributed by atoms with Crippen LogP contribution in [0.3, 0.4) is 0 Å². The van der Waals surface area contributed by atoms with Crippen molar-refractivity contribution in [3.8, 4) is 11.5 Å². The van der Waals surface area contributed by atoms with Crippen molar-refractivity contribution in [3.05, 3.63) is 221 Å². The lowest BCUT2D eigenvalue weighted by Gasteiger charge is -2.38. The first kappa shape index (κ1) is 44.9. The van der Waals surface area contributed by atoms with Crippen LogP contribution in [-0.2, 0) is 20.7 Å². The highest BCUT2D eigenvalue weighted by atomic mass is 16.5. The normalized spacial score (nSPS) is 20.6. The number of piperidine rings is 1. The fraction of sp³-hybridized carbons (Fsp3) is 0.250. The van der Waals surface area contributed by atoms with Crippen LogP contribution in [0.4, 0.5) is 17.1 Å². The van der Waals surface area contributed by atoms with Crippen LogP contribution in [-0.4, -0.2) is 65.7 Å². The Hall–Kier alpha value is -7.32. The lowest BCUT2D eigenvalue weighted by atomic mass is 9.83. The summed E-state index contributed by atoms with van der Waals surface area (Å²) < 4.78 is 25.5. The van der Waals surface area contributed by atoms with Gasteiger partial charge in [-0.1, -0.05) is 151 Å². The SMILES string of the molecule is C1=CC(c2ccccc2)(c2ccc(N3CCCCC3)cc2)Oc2cc(N3CCOCC3)c3ccccc3c21.Cc1ccc(C2(c3ccccc3)C=Cc3c(cc(N4CCOCC4)c4ccccc34)O2)cc1. The van der Waals surface area contributed by atoms with Gasteiger partial charge in [-0.05, 0) is 73.4 Å². The third-order valence-electron chi connectivity index (χ3n) is 15.2. The minimum absolute atomic E-state index is 0.674. The molecule has 0 amide bonds. The van der Waals surface area contributed by atoms with Gasteiger partial charge in [0.1, 0.15) is 11.5 Å². The van der Waals surface area contributed by atoms with E-state index >= 15 is 0 Å². The molecule has 8 aromatic rings. The maximum absolute atomic E-state index is 7.16. The van der Waals surface area contributed by atoms with Crippen molar-refractivity contribution >= 4 is 50.8 Å². The highest BCUT2D eigenvalue weighted by molar-refractivity contribution is 6.03. The number of fused-ring (bicyclic) bond motifs is 6. The topological polar surface area (TPSA) is 46.6 Å². The zero-order valence-electron chi connectivity index (χ0n) is 40.6. The van der Waals surface area contributed by atoms with Gasteiger partial charge in [0.15, 0.2) is 11.2 Å². The Labute approximate surface area is 418 Å². The van der Waals surface area contributed by atoms with E-state index in [9.17, 15) is 0 Å². The van der Waals surface area contributed by atoms with Crippen LogP contribution < -0.4 is 24.2 Å². The third-order valence-corrected chi connectivity index (χ3v) is 15.2. The summed E-state index contributed by atoms with van der Waals surface area (Å²) in [5.74, 6) is 1.85. The summed E-state index contributed by atoms with van der Waals surface area (Å²) in [6.07, 6.45) is 12.9. The number of ether oxygens (including phenoxy) is 4. The molecule has 0 aliphatic carbocycles. The molecule has 3 saturated heterocycles. The number of hydrogen-bond donors (Lipinski definition) is 0. The van der Waals surface area contributed by atoms with E-state index in [-0.39, 0.29) is 0 Å². The zero-order chi connectivity index (χ0) is 47.6. The van der Waals surface area contributed by atoms with Crippen molar-refractivity contribution in [1.82, 2.24) is 0 Å². The number of anilines is 3. The van der Waals surface area contributed by atoms with Crippen LogP contribution in [0.15, 0.2) is 182 Å². The Bertz CT molecular complexity index is 3210. The molecule has 2 unspecified atom stereocenters. The highest BCUT2D eigenvalue weighted by Crippen LogP contribution is 2.49. The lowest BCUT2D eigenvalue weighted by Crippen LogP contribution is -2.37. The van der Waals surface area contributed by atoms with Crippen LogP contribution >= 0.6 is 0 Å². The van der Waals surface area contributed by atoms with Crippen LogP contribution in [0.1, 0.15) is 58.2 Å². The molecule has 5 heterocycles. The standard InChI is InChI=1S/C34H34N2O2.C30H27NO2/c1-3-9-26(10-4-1)34(27-13-15-28(16-14-27)35-19-7-2-8-20-35)18-17-31-29-11-5-6-12-30(29)32(25-33(31)38-34)36-21-23-37-24-22-36;1-22-11-13-24(14-12-22)30(23-7-3-2-4-8-23)16-15-27-25-9-5-6-10-26(25)28(21-29(27)33-30)31-17-19-32-20-18-31/h1,3-6,9-18,25H,2,7-8,19-24H2;2-16,21H,17-20H2,1H3. The van der Waals surface area contributed by atoms with E-state index in [2.05, 4.69) is 216 Å². The van der Waals surface area contributed by atoms with Crippen molar-refractivity contribution in [2.24, 2.45) is 0 Å². The minimum Gasteiger partial charge on any atom is -0.473 e. The quantitative estimate of drug-likeness (QED) is 0.158. The first-order chi connectivity index (χ1) is 35.1. The second-order valence-electron chi connectivity index (χ2n) is 19.4. The number of aryl methyl sites for hydroxylation is 1. The average molecular weight is 936 g/mol. The smallest absolute Gasteiger partial charge is 0.178 e. The van der Waals surface area contributed by atoms with Gasteiger partial charge in [-0.15, -0.1) is 0 Å². The van der Waals surface area contributed by atoms with Gasteiger partial charge in [0.05, 0.1) is 26.4 Å². The fourth-order valence-electron chi connectivity index (χ4n) is 11.4. The summed E-state index contributed by atoms with van der Waals surface area (Å²) in [6.45, 7) is 11.0. The summed E-state index contributed by atoms with van der Waals surface area (Å²) in [4.78, 5) is 7.37. The molecular formula is C64H61N3O4. The molecule has 7 nitrogen and oxygen atoms in total. The number of morpholine rings is 2. The molecule has 5 aliphatic heterocycles. The van der Waals surface area contributed by atoms with Crippen LogP contribution in [0.2, 0.25) is 0 Å². The molecule has 0 aromatic heterocycles. The van der Waals surface area contributed by atoms with Crippen molar-refractivity contribution < 1.29 is 18.9 Å². The van der Waals surface area contributed by atoms with Gasteiger partial charge in [0, 0.05) is 113 Å². The molecule has 71 heavy (non-hydrogen) atoms. The maximum Gasteiger partial charge on any atom is 0.178 e. The number of hydrogen-bond acceptors (Lipinski definition) is 7. The van der Waals surface area contributed by atoms with Gasteiger partial charge in [-0.25, -0.2) is 0 Å². The maximum atomic E-state index is 7.16. The van der Waals surface area contributed by atoms with Gasteiger partial charge < -0.3 is 33.6 Å². The lowest BCUT2D eigenvalue weighted by molar-refractivity contribution is 0.122. The molecule has 7 heteroatoms. The molecule has 5 aliphatic rings. The number of rotatable bonds is 7. The fourth-order valence-corrected chi connectivity index (χ4v) is 11.4. The predicted molar refractivity (Wildman–Crippen MR) is 291 cm³/mol. The highest BCUT2D eigenvalue weighted by Gasteiger charge is 2.40. The molecule has 0 saturated carbocycles. The van der Waals surface area contributed by atoms with Crippen molar-refractivity contribution in [3.63, 3.8) is 0 Å². The van der Waals surface area contributed by atoms with Crippen molar-refractivity contribution in [1.29, 1.82) is 0 Å². The van der Waals surface area contributed by atoms with Gasteiger partial charge >= 0.3 is 0 Å². The van der Waals surface area contributed by atoms with Crippen LogP contribution in [0, 0.1) is 6.92 Å². The molecule has 8 aromatic carbocycles. The molecular weight excluding hydrogens is 875 g/mol. The summed E-state index contributed by atoms with van der Waals surface area (Å²) in [6, 6.07) is 60.7. The Morgan fingerprint density at radius 1 is 0.380 bits per heavy atom. The molecule has 13 rings (SSSR count). The number of nitrogens with zero attached hydrogens (tertiary/aromatic N) is 3. The van der Waals surface area contributed by atoms with Gasteiger partial charge in [0.25, 0.3) is 0 Å². The van der Waals surface area contributed by atoms with Gasteiger partial charge in [-0.2, -0.15) is 0 Å². The Balaban J connectivity index is 0.000000147. The first-order valence-corrected chi connectivity index (χ1v) is 25.6. The monoisotopic (exact) mass is 935 g/mol. The van der Waals surface area contributed by atoms with E-state index in [0.717, 1.165) is 111 Å². The molecule has 0 N–H and O–H groups in total. The number of benzene rings is 8. The van der Waals surface area contributed by atoms with E-state index in [4.69, 9.17) is 18.9 Å². The third kappa shape index (κ3) is 8.51. The molecule has 3 fully saturated rings. The minimum atomic E-state index is -0.695. The van der Waals surface area contributed by atoms with Gasteiger partial charge in [-0.3, -0.25) is 0 Å². The summed E-state index contributed by atoms with van der Waals surface area (Å²) in [5, 5.41) is 4.97. The largest absolute Gasteiger partial charge is 0.473 e. The Kier molecular flexibility index (Phi) is 12.3. The summed E-state index contributed by atoms with van der Waals surface area (Å²) >= 11 is 0. The van der Waals surface area contributed by atoms with Crippen molar-refractivity contribution in [2.75, 3.05) is 80.4 Å². The Morgan fingerprint density at radius 2 is 0.775 bits per heavy atom. The average Bonchev–Trinajstić information content (AvgIpc) is 3.46. The summed E-state index contributed by atoms with van der Waals surface area (Å²) in [5.41, 5.74) is 10.4. The first-order valence-electron chi connectivity index (χ1n) is 25.6. The van der Waals surface area contributed by atoms with Crippen molar-refractivity contribution in [2.45, 2.75) is 37.4 Å². The molecule has 0 bridgehead atoms. The Morgan fingerprint density at radius 3 is 1.23 bits per heavy atom. The van der Waals surface area contributed by atoms with Crippen LogP contribution in [0.5, 0.6) is 11.5 Å². The predicted octanol–water partition coefficient (Wildman–Crippen LogP) is 13.4. The summed E-state index contributed by atoms with van der Waals surface area (Å²) in [7, 11) is 0. The molecule has 2 atom stereocenters. The second kappa shape index (κ2) is 19.5. The zero-order valence-corrected chi connectivity index (χ0v) is 40.6. The molecule has 0 radical (unpaired) electrons. The van der Waals surface area contributed by atoms with E-state index in [1.807, 2.05) is 0 Å². The molecule has 0 spiro atoms. The van der Waals surface area contributed by atoms with E-state index < -0.39 is 11.2 Å². The van der Waals surface area contributed by atoms with Gasteiger partial charge in [0.2, 0.25) is 0 Å². The van der Waals surface area contributed by atoms with E-state index in [1.165, 1.54) is 63.4 Å². The van der Waals surface area contributed by atoms with E-state index in [1.54, 1.807) is 0 Å². The molecule has 356 valence electrons. The second-order valence-corrected chi connectivity index (χ2v) is 19.4. The van der Waals surface area contributed by atoms with E-state index in [0.29, 0.717) is 0 Å².